The van der Waals surface area contributed by atoms with E-state index >= 15 is 0 Å². The first-order valence-corrected chi connectivity index (χ1v) is 11.8. The van der Waals surface area contributed by atoms with Crippen LogP contribution in [0.25, 0.3) is 27.6 Å². The molecule has 0 unspecified atom stereocenters. The van der Waals surface area contributed by atoms with Crippen LogP contribution in [-0.4, -0.2) is 20.0 Å². The van der Waals surface area contributed by atoms with Gasteiger partial charge in [0.1, 0.15) is 10.7 Å². The van der Waals surface area contributed by atoms with Crippen molar-refractivity contribution in [2.75, 3.05) is 0 Å². The second-order valence-electron chi connectivity index (χ2n) is 8.21. The third kappa shape index (κ3) is 4.37. The molecule has 31 heavy (non-hydrogen) atoms. The van der Waals surface area contributed by atoms with Gasteiger partial charge in [-0.25, -0.2) is 4.68 Å². The molecule has 0 spiro atoms. The fourth-order valence-corrected chi connectivity index (χ4v) is 4.84. The predicted molar refractivity (Wildman–Crippen MR) is 131 cm³/mol. The van der Waals surface area contributed by atoms with Crippen molar-refractivity contribution in [2.45, 2.75) is 39.5 Å². The van der Waals surface area contributed by atoms with Gasteiger partial charge in [-0.1, -0.05) is 86.0 Å². The van der Waals surface area contributed by atoms with Gasteiger partial charge in [0, 0.05) is 26.6 Å². The fourth-order valence-electron chi connectivity index (χ4n) is 3.31. The summed E-state index contributed by atoms with van der Waals surface area (Å²) < 4.78 is 1.87. The smallest absolute Gasteiger partial charge is 0.168 e. The number of rotatable bonds is 4. The molecule has 0 aliphatic rings. The standard InChI is InChI=1S/C23H21Cl3N4S/c1-5-16-19(21-27-28-22(31-21)23(2,3)4)29-30(18-11-10-15(25)12-17(18)26)20(16)13-6-8-14(24)9-7-13/h6-12H,5H2,1-4H3. The minimum Gasteiger partial charge on any atom is -0.231 e. The molecule has 0 fully saturated rings. The molecule has 0 N–H and O–H groups in total. The van der Waals surface area contributed by atoms with Crippen LogP contribution in [0.3, 0.4) is 0 Å². The Kier molecular flexibility index (Phi) is 6.14. The van der Waals surface area contributed by atoms with Crippen LogP contribution in [0.4, 0.5) is 0 Å². The molecule has 0 aliphatic heterocycles. The van der Waals surface area contributed by atoms with Gasteiger partial charge in [-0.05, 0) is 36.8 Å². The maximum Gasteiger partial charge on any atom is 0.168 e. The molecule has 0 amide bonds. The van der Waals surface area contributed by atoms with Gasteiger partial charge in [0.15, 0.2) is 5.01 Å². The summed E-state index contributed by atoms with van der Waals surface area (Å²) >= 11 is 20.4. The molecule has 2 heterocycles. The van der Waals surface area contributed by atoms with E-state index in [9.17, 15) is 0 Å². The molecule has 4 rings (SSSR count). The topological polar surface area (TPSA) is 43.6 Å². The molecule has 0 radical (unpaired) electrons. The first-order valence-electron chi connectivity index (χ1n) is 9.86. The van der Waals surface area contributed by atoms with E-state index < -0.39 is 0 Å². The van der Waals surface area contributed by atoms with Crippen molar-refractivity contribution in [1.82, 2.24) is 20.0 Å². The highest BCUT2D eigenvalue weighted by Gasteiger charge is 2.26. The average Bonchev–Trinajstić information content (AvgIpc) is 3.33. The van der Waals surface area contributed by atoms with Crippen molar-refractivity contribution in [3.63, 3.8) is 0 Å². The lowest BCUT2D eigenvalue weighted by Gasteiger charge is -2.12. The Bertz CT molecular complexity index is 1240. The second-order valence-corrected chi connectivity index (χ2v) is 10.5. The number of hydrogen-bond acceptors (Lipinski definition) is 4. The van der Waals surface area contributed by atoms with Gasteiger partial charge in [0.05, 0.1) is 16.4 Å². The summed E-state index contributed by atoms with van der Waals surface area (Å²) in [6.07, 6.45) is 0.767. The van der Waals surface area contributed by atoms with E-state index in [0.717, 1.165) is 44.6 Å². The predicted octanol–water partition coefficient (Wildman–Crippen LogP) is 7.88. The van der Waals surface area contributed by atoms with Crippen LogP contribution >= 0.6 is 46.1 Å². The highest BCUT2D eigenvalue weighted by molar-refractivity contribution is 7.14. The SMILES string of the molecule is CCc1c(-c2nnc(C(C)(C)C)s2)nn(-c2ccc(Cl)cc2Cl)c1-c1ccc(Cl)cc1. The third-order valence-corrected chi connectivity index (χ3v) is 7.01. The lowest BCUT2D eigenvalue weighted by atomic mass is 9.98. The number of benzene rings is 2. The highest BCUT2D eigenvalue weighted by Crippen LogP contribution is 2.39. The summed E-state index contributed by atoms with van der Waals surface area (Å²) in [6, 6.07) is 13.1. The highest BCUT2D eigenvalue weighted by atomic mass is 35.5. The monoisotopic (exact) mass is 490 g/mol. The van der Waals surface area contributed by atoms with Crippen LogP contribution in [0.1, 0.15) is 38.3 Å². The zero-order valence-corrected chi connectivity index (χ0v) is 20.7. The van der Waals surface area contributed by atoms with E-state index in [1.807, 2.05) is 41.1 Å². The van der Waals surface area contributed by atoms with Crippen molar-refractivity contribution in [2.24, 2.45) is 0 Å². The van der Waals surface area contributed by atoms with Crippen LogP contribution in [0, 0.1) is 0 Å². The molecule has 0 atom stereocenters. The van der Waals surface area contributed by atoms with Crippen LogP contribution < -0.4 is 0 Å². The molecular formula is C23H21Cl3N4S. The summed E-state index contributed by atoms with van der Waals surface area (Å²) in [5.74, 6) is 0. The fraction of sp³-hybridized carbons (Fsp3) is 0.261. The third-order valence-electron chi connectivity index (χ3n) is 4.86. The van der Waals surface area contributed by atoms with Crippen molar-refractivity contribution < 1.29 is 0 Å². The van der Waals surface area contributed by atoms with Crippen LogP contribution in [0.2, 0.25) is 15.1 Å². The van der Waals surface area contributed by atoms with E-state index in [0.29, 0.717) is 15.1 Å². The molecule has 4 nitrogen and oxygen atoms in total. The van der Waals surface area contributed by atoms with Crippen molar-refractivity contribution >= 4 is 46.1 Å². The summed E-state index contributed by atoms with van der Waals surface area (Å²) in [6.45, 7) is 8.50. The van der Waals surface area contributed by atoms with Gasteiger partial charge < -0.3 is 0 Å². The minimum atomic E-state index is -0.0800. The molecular weight excluding hydrogens is 471 g/mol. The molecule has 4 aromatic rings. The van der Waals surface area contributed by atoms with E-state index in [1.165, 1.54) is 0 Å². The normalized spacial score (nSPS) is 11.8. The Balaban J connectivity index is 1.99. The Hall–Kier alpha value is -1.92. The Labute approximate surface area is 200 Å². The molecule has 0 saturated heterocycles. The van der Waals surface area contributed by atoms with Gasteiger partial charge >= 0.3 is 0 Å². The van der Waals surface area contributed by atoms with Crippen molar-refractivity contribution in [3.8, 4) is 27.6 Å². The zero-order chi connectivity index (χ0) is 22.3. The number of nitrogens with zero attached hydrogens (tertiary/aromatic N) is 4. The van der Waals surface area contributed by atoms with Crippen LogP contribution in [0.15, 0.2) is 42.5 Å². The minimum absolute atomic E-state index is 0.0800. The average molecular weight is 492 g/mol. The van der Waals surface area contributed by atoms with Crippen LogP contribution in [0.5, 0.6) is 0 Å². The van der Waals surface area contributed by atoms with E-state index in [-0.39, 0.29) is 5.41 Å². The molecule has 8 heteroatoms. The molecule has 2 aromatic carbocycles. The Morgan fingerprint density at radius 2 is 1.61 bits per heavy atom. The van der Waals surface area contributed by atoms with Crippen molar-refractivity contribution in [3.05, 3.63) is 68.1 Å². The molecule has 0 saturated carbocycles. The number of halogens is 3. The first kappa shape index (κ1) is 22.3. The van der Waals surface area contributed by atoms with Gasteiger partial charge in [0.25, 0.3) is 0 Å². The molecule has 160 valence electrons. The summed E-state index contributed by atoms with van der Waals surface area (Å²) in [5.41, 5.74) is 4.50. The van der Waals surface area contributed by atoms with Gasteiger partial charge in [-0.2, -0.15) is 5.10 Å². The quantitative estimate of drug-likeness (QED) is 0.291. The maximum absolute atomic E-state index is 6.57. The Morgan fingerprint density at radius 3 is 2.19 bits per heavy atom. The zero-order valence-electron chi connectivity index (χ0n) is 17.6. The molecule has 0 aliphatic carbocycles. The number of aromatic nitrogens is 4. The molecule has 2 aromatic heterocycles. The van der Waals surface area contributed by atoms with Crippen LogP contribution in [-0.2, 0) is 11.8 Å². The second kappa shape index (κ2) is 8.55. The lowest BCUT2D eigenvalue weighted by Crippen LogP contribution is -2.10. The Morgan fingerprint density at radius 1 is 0.935 bits per heavy atom. The summed E-state index contributed by atoms with van der Waals surface area (Å²) in [5, 5.41) is 17.4. The van der Waals surface area contributed by atoms with E-state index in [4.69, 9.17) is 39.9 Å². The molecule has 0 bridgehead atoms. The van der Waals surface area contributed by atoms with E-state index in [2.05, 4.69) is 37.9 Å². The summed E-state index contributed by atoms with van der Waals surface area (Å²) in [4.78, 5) is 0. The van der Waals surface area contributed by atoms with Crippen molar-refractivity contribution in [1.29, 1.82) is 0 Å². The van der Waals surface area contributed by atoms with Gasteiger partial charge in [-0.3, -0.25) is 0 Å². The largest absolute Gasteiger partial charge is 0.231 e. The maximum atomic E-state index is 6.57. The van der Waals surface area contributed by atoms with Gasteiger partial charge in [0.2, 0.25) is 0 Å². The lowest BCUT2D eigenvalue weighted by molar-refractivity contribution is 0.578. The van der Waals surface area contributed by atoms with E-state index in [1.54, 1.807) is 17.4 Å². The van der Waals surface area contributed by atoms with Gasteiger partial charge in [-0.15, -0.1) is 10.2 Å². The number of hydrogen-bond donors (Lipinski definition) is 0. The summed E-state index contributed by atoms with van der Waals surface area (Å²) in [7, 11) is 0. The first-order chi connectivity index (χ1) is 14.7.